The van der Waals surface area contributed by atoms with Gasteiger partial charge in [0.15, 0.2) is 5.03 Å². The van der Waals surface area contributed by atoms with Gasteiger partial charge in [-0.15, -0.1) is 14.5 Å². The van der Waals surface area contributed by atoms with Crippen LogP contribution in [0.15, 0.2) is 17.3 Å². The number of aryl methyl sites for hydroxylation is 2. The summed E-state index contributed by atoms with van der Waals surface area (Å²) in [5.41, 5.74) is 5.36. The fourth-order valence-electron chi connectivity index (χ4n) is 2.38. The molecule has 0 spiro atoms. The molecular weight excluding hydrogens is 408 g/mol. The second-order valence-electron chi connectivity index (χ2n) is 5.45. The highest BCUT2D eigenvalue weighted by Gasteiger charge is 2.38. The molecule has 0 atom stereocenters. The van der Waals surface area contributed by atoms with E-state index in [0.717, 1.165) is 9.48 Å². The third-order valence-corrected chi connectivity index (χ3v) is 5.38. The van der Waals surface area contributed by atoms with Gasteiger partial charge in [-0.25, -0.2) is 4.79 Å². The largest absolute Gasteiger partial charge is 0.481 e. The molecule has 0 aliphatic heterocycles. The molecule has 29 heavy (non-hydrogen) atoms. The van der Waals surface area contributed by atoms with Crippen molar-refractivity contribution in [1.29, 1.82) is 0 Å². The Balaban J connectivity index is 2.22. The van der Waals surface area contributed by atoms with Crippen LogP contribution in [0.5, 0.6) is 11.8 Å². The van der Waals surface area contributed by atoms with E-state index in [2.05, 4.69) is 30.5 Å². The topological polar surface area (TPSA) is 186 Å². The lowest BCUT2D eigenvalue weighted by Gasteiger charge is -2.19. The number of rotatable bonds is 6. The van der Waals surface area contributed by atoms with Crippen molar-refractivity contribution >= 4 is 22.0 Å². The van der Waals surface area contributed by atoms with Crippen molar-refractivity contribution in [3.8, 4) is 23.1 Å². The number of sulfonamides is 1. The number of carbonyl (C=O) groups is 1. The first-order chi connectivity index (χ1) is 13.7. The third kappa shape index (κ3) is 3.51. The van der Waals surface area contributed by atoms with Crippen molar-refractivity contribution in [2.75, 3.05) is 18.5 Å². The van der Waals surface area contributed by atoms with Gasteiger partial charge in [-0.05, 0) is 5.21 Å². The highest BCUT2D eigenvalue weighted by Crippen LogP contribution is 2.30. The number of primary amides is 1. The minimum Gasteiger partial charge on any atom is -0.481 e. The Morgan fingerprint density at radius 2 is 1.79 bits per heavy atom. The van der Waals surface area contributed by atoms with Crippen molar-refractivity contribution in [1.82, 2.24) is 40.0 Å². The minimum atomic E-state index is -4.65. The Bertz CT molecular complexity index is 1150. The lowest BCUT2D eigenvalue weighted by molar-refractivity contribution is 0.256. The number of nitrogens with two attached hydrogens (primary N) is 1. The van der Waals surface area contributed by atoms with E-state index in [0.29, 0.717) is 0 Å². The molecule has 0 aliphatic rings. The average molecular weight is 424 g/mol. The molecule has 0 bridgehead atoms. The Hall–Kier alpha value is -3.82. The van der Waals surface area contributed by atoms with Crippen molar-refractivity contribution < 1.29 is 22.7 Å². The quantitative estimate of drug-likeness (QED) is 0.495. The first kappa shape index (κ1) is 19.9. The average Bonchev–Trinajstić information content (AvgIpc) is 3.26. The number of hydrogen-bond acceptors (Lipinski definition) is 11. The predicted molar refractivity (Wildman–Crippen MR) is 95.4 cm³/mol. The zero-order chi connectivity index (χ0) is 21.3. The van der Waals surface area contributed by atoms with Crippen LogP contribution in [0.2, 0.25) is 0 Å². The Morgan fingerprint density at radius 3 is 2.28 bits per heavy atom. The molecule has 3 rings (SSSR count). The second kappa shape index (κ2) is 7.30. The van der Waals surface area contributed by atoms with Crippen molar-refractivity contribution in [3.05, 3.63) is 12.3 Å². The van der Waals surface area contributed by atoms with Crippen LogP contribution in [0, 0.1) is 0 Å². The standard InChI is InChI=1S/C13H16N10O5S/c1-21-11(7(6-15-21)10-18-20-22(2)19-10)29(25,26)23(12(14)24)13-16-8(27-3)5-9(17-13)28-4/h5-6H,1-4H3,(H2,14,24). The van der Waals surface area contributed by atoms with Gasteiger partial charge >= 0.3 is 6.03 Å². The first-order valence-corrected chi connectivity index (χ1v) is 9.21. The van der Waals surface area contributed by atoms with Crippen LogP contribution >= 0.6 is 0 Å². The first-order valence-electron chi connectivity index (χ1n) is 7.77. The summed E-state index contributed by atoms with van der Waals surface area (Å²) in [6.07, 6.45) is 1.22. The number of nitrogens with zero attached hydrogens (tertiary/aromatic N) is 9. The molecule has 0 aromatic carbocycles. The molecular formula is C13H16N10O5S. The van der Waals surface area contributed by atoms with Gasteiger partial charge < -0.3 is 15.2 Å². The Kier molecular flexibility index (Phi) is 5.02. The fourth-order valence-corrected chi connectivity index (χ4v) is 3.89. The molecule has 3 aromatic heterocycles. The van der Waals surface area contributed by atoms with Crippen LogP contribution in [0.3, 0.4) is 0 Å². The minimum absolute atomic E-state index is 0.00158. The van der Waals surface area contributed by atoms with E-state index in [4.69, 9.17) is 15.2 Å². The molecule has 0 saturated carbocycles. The summed E-state index contributed by atoms with van der Waals surface area (Å²) < 4.78 is 38.0. The van der Waals surface area contributed by atoms with Crippen LogP contribution in [-0.2, 0) is 24.1 Å². The molecule has 16 heteroatoms. The van der Waals surface area contributed by atoms with Gasteiger partial charge in [0, 0.05) is 7.05 Å². The molecule has 0 aliphatic carbocycles. The molecule has 2 N–H and O–H groups in total. The summed E-state index contributed by atoms with van der Waals surface area (Å²) in [7, 11) is 0.811. The number of aromatic nitrogens is 8. The zero-order valence-corrected chi connectivity index (χ0v) is 16.5. The van der Waals surface area contributed by atoms with Gasteiger partial charge in [0.05, 0.1) is 39.1 Å². The number of methoxy groups -OCH3 is 2. The second-order valence-corrected chi connectivity index (χ2v) is 7.15. The van der Waals surface area contributed by atoms with Crippen molar-refractivity contribution in [2.24, 2.45) is 19.8 Å². The van der Waals surface area contributed by atoms with Crippen LogP contribution in [-0.4, -0.2) is 68.6 Å². The summed E-state index contributed by atoms with van der Waals surface area (Å²) in [5, 5.41) is 14.9. The van der Waals surface area contributed by atoms with E-state index in [1.54, 1.807) is 0 Å². The molecule has 0 fully saturated rings. The zero-order valence-electron chi connectivity index (χ0n) is 15.7. The van der Waals surface area contributed by atoms with Crippen LogP contribution in [0.4, 0.5) is 10.7 Å². The monoisotopic (exact) mass is 424 g/mol. The molecule has 0 saturated heterocycles. The molecule has 0 radical (unpaired) electrons. The number of urea groups is 1. The van der Waals surface area contributed by atoms with E-state index in [1.165, 1.54) is 40.6 Å². The number of anilines is 1. The molecule has 154 valence electrons. The maximum atomic E-state index is 13.4. The SMILES string of the molecule is COc1cc(OC)nc(N(C(N)=O)S(=O)(=O)c2c(-c3nnn(C)n3)cnn2C)n1. The number of hydrogen-bond donors (Lipinski definition) is 1. The highest BCUT2D eigenvalue weighted by atomic mass is 32.2. The third-order valence-electron chi connectivity index (χ3n) is 3.59. The lowest BCUT2D eigenvalue weighted by Crippen LogP contribution is -2.42. The number of tetrazole rings is 1. The van der Waals surface area contributed by atoms with E-state index in [9.17, 15) is 13.2 Å². The lowest BCUT2D eigenvalue weighted by atomic mass is 10.3. The fraction of sp³-hybridized carbons (Fsp3) is 0.308. The van der Waals surface area contributed by atoms with Crippen molar-refractivity contribution in [3.63, 3.8) is 0 Å². The summed E-state index contributed by atoms with van der Waals surface area (Å²) in [4.78, 5) is 21.1. The number of carbonyl (C=O) groups excluding carboxylic acids is 1. The smallest absolute Gasteiger partial charge is 0.336 e. The Morgan fingerprint density at radius 1 is 1.17 bits per heavy atom. The summed E-state index contributed by atoms with van der Waals surface area (Å²) >= 11 is 0. The maximum Gasteiger partial charge on any atom is 0.336 e. The van der Waals surface area contributed by atoms with Gasteiger partial charge in [0.2, 0.25) is 17.6 Å². The molecule has 15 nitrogen and oxygen atoms in total. The van der Waals surface area contributed by atoms with Crippen molar-refractivity contribution in [2.45, 2.75) is 5.03 Å². The van der Waals surface area contributed by atoms with Crippen LogP contribution < -0.4 is 19.5 Å². The van der Waals surface area contributed by atoms with Crippen LogP contribution in [0.25, 0.3) is 11.4 Å². The maximum absolute atomic E-state index is 13.4. The van der Waals surface area contributed by atoms with Crippen LogP contribution in [0.1, 0.15) is 0 Å². The molecule has 3 aromatic rings. The van der Waals surface area contributed by atoms with Gasteiger partial charge in [-0.3, -0.25) is 4.68 Å². The Labute approximate surface area is 164 Å². The summed E-state index contributed by atoms with van der Waals surface area (Å²) in [6, 6.07) is -0.0616. The van der Waals surface area contributed by atoms with E-state index in [-0.39, 0.29) is 27.5 Å². The number of amides is 2. The number of ether oxygens (including phenoxy) is 2. The molecule has 0 unspecified atom stereocenters. The summed E-state index contributed by atoms with van der Waals surface area (Å²) in [6.45, 7) is 0. The highest BCUT2D eigenvalue weighted by molar-refractivity contribution is 7.93. The predicted octanol–water partition coefficient (Wildman–Crippen LogP) is -1.31. The van der Waals surface area contributed by atoms with E-state index in [1.807, 2.05) is 0 Å². The molecule has 2 amide bonds. The molecule has 3 heterocycles. The summed E-state index contributed by atoms with van der Waals surface area (Å²) in [5.74, 6) is -0.691. The van der Waals surface area contributed by atoms with Gasteiger partial charge in [-0.1, -0.05) is 0 Å². The van der Waals surface area contributed by atoms with Gasteiger partial charge in [0.1, 0.15) is 0 Å². The normalized spacial score (nSPS) is 11.3. The van der Waals surface area contributed by atoms with E-state index >= 15 is 0 Å². The van der Waals surface area contributed by atoms with Gasteiger partial charge in [-0.2, -0.15) is 28.3 Å². The van der Waals surface area contributed by atoms with Gasteiger partial charge in [0.25, 0.3) is 16.0 Å². The van der Waals surface area contributed by atoms with E-state index < -0.39 is 27.0 Å².